The van der Waals surface area contributed by atoms with E-state index in [0.29, 0.717) is 5.69 Å². The van der Waals surface area contributed by atoms with Crippen molar-refractivity contribution in [3.8, 4) is 11.3 Å². The third-order valence-electron chi connectivity index (χ3n) is 3.61. The molecule has 3 nitrogen and oxygen atoms in total. The Morgan fingerprint density at radius 1 is 1.05 bits per heavy atom. The molecule has 1 aromatic heterocycles. The molecule has 0 aliphatic rings. The lowest BCUT2D eigenvalue weighted by Crippen LogP contribution is -2.16. The van der Waals surface area contributed by atoms with Crippen LogP contribution in [0, 0.1) is 11.6 Å². The molecule has 0 spiro atoms. The molecule has 3 rings (SSSR count). The molecule has 5 heteroatoms. The van der Waals surface area contributed by atoms with Gasteiger partial charge in [0, 0.05) is 29.3 Å². The van der Waals surface area contributed by atoms with Gasteiger partial charge >= 0.3 is 0 Å². The maximum Gasteiger partial charge on any atom is 0.127 e. The number of aromatic nitrogens is 2. The maximum atomic E-state index is 14.0. The summed E-state index contributed by atoms with van der Waals surface area (Å²) in [6.07, 6.45) is 0. The van der Waals surface area contributed by atoms with E-state index in [9.17, 15) is 8.78 Å². The van der Waals surface area contributed by atoms with Crippen molar-refractivity contribution in [2.75, 3.05) is 6.54 Å². The summed E-state index contributed by atoms with van der Waals surface area (Å²) in [6.45, 7) is 0.150. The molecule has 0 aliphatic carbocycles. The summed E-state index contributed by atoms with van der Waals surface area (Å²) in [5.74, 6) is -1.44. The topological polar surface area (TPSA) is 54.7 Å². The smallest absolute Gasteiger partial charge is 0.127 e. The standard InChI is InChI=1S/C17H15F2N3/c18-12-6-7-15(19)13(8-12)14(10-20)17-9-16(21-22-17)11-4-2-1-3-5-11/h1-9,14H,10,20H2,(H,21,22). The zero-order chi connectivity index (χ0) is 15.5. The first-order chi connectivity index (χ1) is 10.7. The van der Waals surface area contributed by atoms with Crippen LogP contribution in [-0.4, -0.2) is 16.7 Å². The van der Waals surface area contributed by atoms with Crippen LogP contribution in [0.15, 0.2) is 54.6 Å². The Morgan fingerprint density at radius 3 is 2.55 bits per heavy atom. The molecule has 112 valence electrons. The molecule has 0 bridgehead atoms. The molecule has 3 N–H and O–H groups in total. The highest BCUT2D eigenvalue weighted by Crippen LogP contribution is 2.28. The van der Waals surface area contributed by atoms with Crippen LogP contribution in [0.3, 0.4) is 0 Å². The van der Waals surface area contributed by atoms with Gasteiger partial charge in [-0.05, 0) is 24.3 Å². The van der Waals surface area contributed by atoms with Gasteiger partial charge < -0.3 is 5.73 Å². The highest BCUT2D eigenvalue weighted by molar-refractivity contribution is 5.59. The summed E-state index contributed by atoms with van der Waals surface area (Å²) < 4.78 is 27.4. The lowest BCUT2D eigenvalue weighted by Gasteiger charge is -2.14. The minimum atomic E-state index is -0.488. The van der Waals surface area contributed by atoms with Crippen molar-refractivity contribution >= 4 is 0 Å². The quantitative estimate of drug-likeness (QED) is 0.775. The first kappa shape index (κ1) is 14.4. The Balaban J connectivity index is 1.98. The average molecular weight is 299 g/mol. The molecule has 2 aromatic carbocycles. The molecule has 0 radical (unpaired) electrons. The van der Waals surface area contributed by atoms with Crippen molar-refractivity contribution < 1.29 is 8.78 Å². The number of H-pyrrole nitrogens is 1. The molecule has 0 amide bonds. The number of benzene rings is 2. The molecule has 0 aliphatic heterocycles. The van der Waals surface area contributed by atoms with Gasteiger partial charge in [0.25, 0.3) is 0 Å². The minimum absolute atomic E-state index is 0.150. The van der Waals surface area contributed by atoms with E-state index in [2.05, 4.69) is 10.2 Å². The van der Waals surface area contributed by atoms with Crippen molar-refractivity contribution in [1.82, 2.24) is 10.2 Å². The Labute approximate surface area is 126 Å². The summed E-state index contributed by atoms with van der Waals surface area (Å²) in [5.41, 5.74) is 8.34. The molecule has 1 unspecified atom stereocenters. The SMILES string of the molecule is NCC(c1cc(-c2ccccc2)n[nH]1)c1cc(F)ccc1F. The average Bonchev–Trinajstić information content (AvgIpc) is 3.02. The van der Waals surface area contributed by atoms with Crippen molar-refractivity contribution in [1.29, 1.82) is 0 Å². The van der Waals surface area contributed by atoms with Crippen molar-refractivity contribution in [2.24, 2.45) is 5.73 Å². The van der Waals surface area contributed by atoms with Gasteiger partial charge in [0.15, 0.2) is 0 Å². The van der Waals surface area contributed by atoms with E-state index < -0.39 is 17.6 Å². The van der Waals surface area contributed by atoms with Gasteiger partial charge in [-0.3, -0.25) is 5.10 Å². The normalized spacial score (nSPS) is 12.3. The lowest BCUT2D eigenvalue weighted by atomic mass is 9.94. The molecule has 1 atom stereocenters. The second kappa shape index (κ2) is 6.07. The molecule has 0 fully saturated rings. The van der Waals surface area contributed by atoms with Crippen molar-refractivity contribution in [3.63, 3.8) is 0 Å². The van der Waals surface area contributed by atoms with Crippen LogP contribution in [0.25, 0.3) is 11.3 Å². The first-order valence-electron chi connectivity index (χ1n) is 6.95. The molecule has 3 aromatic rings. The number of nitrogens with two attached hydrogens (primary N) is 1. The summed E-state index contributed by atoms with van der Waals surface area (Å²) >= 11 is 0. The van der Waals surface area contributed by atoms with Gasteiger partial charge in [-0.15, -0.1) is 0 Å². The highest BCUT2D eigenvalue weighted by Gasteiger charge is 2.20. The summed E-state index contributed by atoms with van der Waals surface area (Å²) in [4.78, 5) is 0. The van der Waals surface area contributed by atoms with E-state index >= 15 is 0 Å². The molecule has 0 saturated carbocycles. The summed E-state index contributed by atoms with van der Waals surface area (Å²) in [6, 6.07) is 14.8. The van der Waals surface area contributed by atoms with Gasteiger partial charge in [0.1, 0.15) is 11.6 Å². The van der Waals surface area contributed by atoms with Gasteiger partial charge in [-0.25, -0.2) is 8.78 Å². The van der Waals surface area contributed by atoms with Crippen LogP contribution in [-0.2, 0) is 0 Å². The Bertz CT molecular complexity index is 769. The van der Waals surface area contributed by atoms with E-state index in [1.807, 2.05) is 36.4 Å². The molecular formula is C17H15F2N3. The predicted molar refractivity (Wildman–Crippen MR) is 81.3 cm³/mol. The fraction of sp³-hybridized carbons (Fsp3) is 0.118. The molecule has 1 heterocycles. The Morgan fingerprint density at radius 2 is 1.82 bits per heavy atom. The van der Waals surface area contributed by atoms with Crippen molar-refractivity contribution in [3.05, 3.63) is 77.5 Å². The van der Waals surface area contributed by atoms with Crippen LogP contribution in [0.5, 0.6) is 0 Å². The minimum Gasteiger partial charge on any atom is -0.329 e. The third kappa shape index (κ3) is 2.76. The zero-order valence-electron chi connectivity index (χ0n) is 11.8. The molecule has 22 heavy (non-hydrogen) atoms. The summed E-state index contributed by atoms with van der Waals surface area (Å²) in [7, 11) is 0. The van der Waals surface area contributed by atoms with Crippen LogP contribution < -0.4 is 5.73 Å². The van der Waals surface area contributed by atoms with Gasteiger partial charge in [0.05, 0.1) is 5.69 Å². The lowest BCUT2D eigenvalue weighted by molar-refractivity contribution is 0.572. The van der Waals surface area contributed by atoms with Gasteiger partial charge in [-0.2, -0.15) is 5.10 Å². The van der Waals surface area contributed by atoms with Gasteiger partial charge in [-0.1, -0.05) is 30.3 Å². The van der Waals surface area contributed by atoms with E-state index in [-0.39, 0.29) is 12.1 Å². The van der Waals surface area contributed by atoms with Crippen LogP contribution >= 0.6 is 0 Å². The molecular weight excluding hydrogens is 284 g/mol. The van der Waals surface area contributed by atoms with Crippen molar-refractivity contribution in [2.45, 2.75) is 5.92 Å². The predicted octanol–water partition coefficient (Wildman–Crippen LogP) is 3.45. The fourth-order valence-corrected chi connectivity index (χ4v) is 2.48. The van der Waals surface area contributed by atoms with E-state index in [0.717, 1.165) is 23.4 Å². The van der Waals surface area contributed by atoms with E-state index in [4.69, 9.17) is 5.73 Å². The van der Waals surface area contributed by atoms with Crippen LogP contribution in [0.2, 0.25) is 0 Å². The Kier molecular flexibility index (Phi) is 3.98. The zero-order valence-corrected chi connectivity index (χ0v) is 11.8. The number of halogens is 2. The first-order valence-corrected chi connectivity index (χ1v) is 6.95. The fourth-order valence-electron chi connectivity index (χ4n) is 2.48. The largest absolute Gasteiger partial charge is 0.329 e. The number of hydrogen-bond donors (Lipinski definition) is 2. The third-order valence-corrected chi connectivity index (χ3v) is 3.61. The number of hydrogen-bond acceptors (Lipinski definition) is 2. The van der Waals surface area contributed by atoms with Crippen LogP contribution in [0.1, 0.15) is 17.2 Å². The van der Waals surface area contributed by atoms with Crippen LogP contribution in [0.4, 0.5) is 8.78 Å². The van der Waals surface area contributed by atoms with E-state index in [1.54, 1.807) is 0 Å². The van der Waals surface area contributed by atoms with Gasteiger partial charge in [0.2, 0.25) is 0 Å². The number of aromatic amines is 1. The summed E-state index contributed by atoms with van der Waals surface area (Å²) in [5, 5.41) is 7.12. The Hall–Kier alpha value is -2.53. The highest BCUT2D eigenvalue weighted by atomic mass is 19.1. The second-order valence-electron chi connectivity index (χ2n) is 5.03. The second-order valence-corrected chi connectivity index (χ2v) is 5.03. The molecule has 0 saturated heterocycles. The monoisotopic (exact) mass is 299 g/mol. The number of nitrogens with zero attached hydrogens (tertiary/aromatic N) is 1. The number of rotatable bonds is 4. The number of nitrogens with one attached hydrogen (secondary N) is 1. The maximum absolute atomic E-state index is 14.0. The van der Waals surface area contributed by atoms with E-state index in [1.165, 1.54) is 6.07 Å².